The third-order valence-corrected chi connectivity index (χ3v) is 5.57. The molecule has 3 aromatic rings. The van der Waals surface area contributed by atoms with E-state index in [-0.39, 0.29) is 6.61 Å². The lowest BCUT2D eigenvalue weighted by molar-refractivity contribution is -0.167. The lowest BCUT2D eigenvalue weighted by Crippen LogP contribution is -2.45. The number of benzene rings is 2. The second-order valence-corrected chi connectivity index (χ2v) is 7.49. The van der Waals surface area contributed by atoms with Crippen LogP contribution in [0.3, 0.4) is 0 Å². The van der Waals surface area contributed by atoms with Crippen molar-refractivity contribution in [1.29, 1.82) is 0 Å². The van der Waals surface area contributed by atoms with Crippen LogP contribution < -0.4 is 4.74 Å². The minimum Gasteiger partial charge on any atom is -0.481 e. The van der Waals surface area contributed by atoms with Gasteiger partial charge in [-0.1, -0.05) is 49.4 Å². The molecule has 0 amide bonds. The Hall–Kier alpha value is -3.05. The van der Waals surface area contributed by atoms with Gasteiger partial charge in [-0.2, -0.15) is 0 Å². The molecule has 0 aliphatic heterocycles. The highest BCUT2D eigenvalue weighted by Gasteiger charge is 2.46. The predicted octanol–water partition coefficient (Wildman–Crippen LogP) is 5.14. The summed E-state index contributed by atoms with van der Waals surface area (Å²) in [5, 5.41) is 11.2. The number of nitrogens with one attached hydrogen (secondary N) is 1. The van der Waals surface area contributed by atoms with E-state index in [1.165, 1.54) is 0 Å². The smallest absolute Gasteiger partial charge is 0.314 e. The maximum atomic E-state index is 12.6. The second kappa shape index (κ2) is 9.63. The Balaban J connectivity index is 1.87. The van der Waals surface area contributed by atoms with E-state index in [1.54, 1.807) is 20.0 Å². The molecule has 3 rings (SSSR count). The van der Waals surface area contributed by atoms with Gasteiger partial charge in [0.15, 0.2) is 6.10 Å². The molecule has 2 N–H and O–H groups in total. The number of hydrogen-bond acceptors (Lipinski definition) is 4. The summed E-state index contributed by atoms with van der Waals surface area (Å²) in [5.74, 6) is 0.176. The number of H-pyrrole nitrogens is 1. The fraction of sp³-hybridized carbons (Fsp3) is 0.320. The Kier molecular flexibility index (Phi) is 6.95. The normalized spacial score (nSPS) is 15.1. The zero-order valence-electron chi connectivity index (χ0n) is 17.7. The molecule has 0 aliphatic carbocycles. The number of aliphatic hydroxyl groups is 1. The SMILES string of the molecule is CCOC(=O)C(C)(CC)C(O)C(Oc1ccc(-c2ccccc2)cc1)c1ccc[nH]1. The average molecular weight is 408 g/mol. The highest BCUT2D eigenvalue weighted by Crippen LogP contribution is 2.37. The Bertz CT molecular complexity index is 922. The van der Waals surface area contributed by atoms with Gasteiger partial charge < -0.3 is 19.6 Å². The number of esters is 1. The molecule has 0 saturated carbocycles. The van der Waals surface area contributed by atoms with Crippen LogP contribution in [0.15, 0.2) is 72.9 Å². The molecule has 0 saturated heterocycles. The molecule has 2 aromatic carbocycles. The van der Waals surface area contributed by atoms with E-state index in [0.717, 1.165) is 11.1 Å². The van der Waals surface area contributed by atoms with Crippen LogP contribution in [-0.4, -0.2) is 28.8 Å². The molecular weight excluding hydrogens is 378 g/mol. The lowest BCUT2D eigenvalue weighted by atomic mass is 9.78. The predicted molar refractivity (Wildman–Crippen MR) is 117 cm³/mol. The number of carbonyl (C=O) groups excluding carboxylic acids is 1. The molecule has 5 heteroatoms. The van der Waals surface area contributed by atoms with Crippen molar-refractivity contribution in [3.63, 3.8) is 0 Å². The van der Waals surface area contributed by atoms with Gasteiger partial charge in [-0.15, -0.1) is 0 Å². The van der Waals surface area contributed by atoms with Gasteiger partial charge in [0.25, 0.3) is 0 Å². The van der Waals surface area contributed by atoms with Gasteiger partial charge in [-0.25, -0.2) is 0 Å². The van der Waals surface area contributed by atoms with E-state index in [4.69, 9.17) is 9.47 Å². The van der Waals surface area contributed by atoms with Crippen LogP contribution in [0.4, 0.5) is 0 Å². The Morgan fingerprint density at radius 2 is 1.67 bits per heavy atom. The van der Waals surface area contributed by atoms with Crippen molar-refractivity contribution in [2.45, 2.75) is 39.4 Å². The van der Waals surface area contributed by atoms with Gasteiger partial charge in [0, 0.05) is 6.20 Å². The molecule has 1 aromatic heterocycles. The number of carbonyl (C=O) groups is 1. The molecule has 1 heterocycles. The first-order valence-electron chi connectivity index (χ1n) is 10.3. The number of hydrogen-bond donors (Lipinski definition) is 2. The third-order valence-electron chi connectivity index (χ3n) is 5.57. The Labute approximate surface area is 177 Å². The summed E-state index contributed by atoms with van der Waals surface area (Å²) in [6.45, 7) is 5.59. The Morgan fingerprint density at radius 3 is 2.23 bits per heavy atom. The van der Waals surface area contributed by atoms with Crippen LogP contribution in [-0.2, 0) is 9.53 Å². The summed E-state index contributed by atoms with van der Waals surface area (Å²) < 4.78 is 11.4. The van der Waals surface area contributed by atoms with E-state index in [0.29, 0.717) is 17.9 Å². The van der Waals surface area contributed by atoms with Crippen LogP contribution in [0, 0.1) is 5.41 Å². The van der Waals surface area contributed by atoms with E-state index in [1.807, 2.05) is 73.7 Å². The minimum atomic E-state index is -1.10. The topological polar surface area (TPSA) is 71.6 Å². The first kappa shape index (κ1) is 21.7. The van der Waals surface area contributed by atoms with Crippen molar-refractivity contribution in [2.75, 3.05) is 6.61 Å². The minimum absolute atomic E-state index is 0.260. The molecule has 0 radical (unpaired) electrons. The quantitative estimate of drug-likeness (QED) is 0.482. The molecule has 0 fully saturated rings. The molecule has 158 valence electrons. The number of ether oxygens (including phenoxy) is 2. The molecule has 3 atom stereocenters. The Morgan fingerprint density at radius 1 is 1.00 bits per heavy atom. The zero-order chi connectivity index (χ0) is 21.6. The van der Waals surface area contributed by atoms with Crippen LogP contribution >= 0.6 is 0 Å². The maximum Gasteiger partial charge on any atom is 0.314 e. The summed E-state index contributed by atoms with van der Waals surface area (Å²) in [5.41, 5.74) is 1.78. The van der Waals surface area contributed by atoms with Crippen LogP contribution in [0.2, 0.25) is 0 Å². The summed E-state index contributed by atoms with van der Waals surface area (Å²) in [4.78, 5) is 15.7. The molecule has 5 nitrogen and oxygen atoms in total. The summed E-state index contributed by atoms with van der Waals surface area (Å²) in [7, 11) is 0. The van der Waals surface area contributed by atoms with Crippen LogP contribution in [0.5, 0.6) is 5.75 Å². The van der Waals surface area contributed by atoms with Crippen molar-refractivity contribution in [3.05, 3.63) is 78.6 Å². The van der Waals surface area contributed by atoms with Gasteiger partial charge in [0.2, 0.25) is 0 Å². The van der Waals surface area contributed by atoms with Gasteiger partial charge in [-0.05, 0) is 55.7 Å². The monoisotopic (exact) mass is 407 g/mol. The van der Waals surface area contributed by atoms with Gasteiger partial charge in [0.1, 0.15) is 11.9 Å². The van der Waals surface area contributed by atoms with Crippen LogP contribution in [0.1, 0.15) is 39.0 Å². The summed E-state index contributed by atoms with van der Waals surface area (Å²) >= 11 is 0. The molecular formula is C25H29NO4. The van der Waals surface area contributed by atoms with Crippen LogP contribution in [0.25, 0.3) is 11.1 Å². The first-order valence-corrected chi connectivity index (χ1v) is 10.3. The maximum absolute atomic E-state index is 12.6. The van der Waals surface area contributed by atoms with Gasteiger partial charge >= 0.3 is 5.97 Å². The van der Waals surface area contributed by atoms with Crippen molar-refractivity contribution in [1.82, 2.24) is 4.98 Å². The summed E-state index contributed by atoms with van der Waals surface area (Å²) in [6, 6.07) is 21.5. The molecule has 0 aliphatic rings. The van der Waals surface area contributed by atoms with E-state index in [9.17, 15) is 9.90 Å². The number of aromatic nitrogens is 1. The summed E-state index contributed by atoms with van der Waals surface area (Å²) in [6.07, 6.45) is 0.330. The largest absolute Gasteiger partial charge is 0.481 e. The number of aliphatic hydroxyl groups excluding tert-OH is 1. The van der Waals surface area contributed by atoms with Crippen molar-refractivity contribution < 1.29 is 19.4 Å². The highest BCUT2D eigenvalue weighted by molar-refractivity contribution is 5.77. The fourth-order valence-electron chi connectivity index (χ4n) is 3.43. The molecule has 0 spiro atoms. The lowest BCUT2D eigenvalue weighted by Gasteiger charge is -2.35. The van der Waals surface area contributed by atoms with E-state index in [2.05, 4.69) is 4.98 Å². The van der Waals surface area contributed by atoms with Crippen molar-refractivity contribution in [2.24, 2.45) is 5.41 Å². The van der Waals surface area contributed by atoms with Gasteiger partial charge in [0.05, 0.1) is 17.7 Å². The van der Waals surface area contributed by atoms with E-state index < -0.39 is 23.6 Å². The van der Waals surface area contributed by atoms with E-state index >= 15 is 0 Å². The first-order chi connectivity index (χ1) is 14.5. The standard InChI is InChI=1S/C25H29NO4/c1-4-25(3,24(28)29-5-2)23(27)22(21-12-9-17-26-21)30-20-15-13-19(14-16-20)18-10-7-6-8-11-18/h6-17,22-23,26-27H,4-5H2,1-3H3. The second-order valence-electron chi connectivity index (χ2n) is 7.49. The zero-order valence-corrected chi connectivity index (χ0v) is 17.7. The van der Waals surface area contributed by atoms with Crippen molar-refractivity contribution in [3.8, 4) is 16.9 Å². The molecule has 30 heavy (non-hydrogen) atoms. The fourth-order valence-corrected chi connectivity index (χ4v) is 3.43. The van der Waals surface area contributed by atoms with Gasteiger partial charge in [-0.3, -0.25) is 4.79 Å². The van der Waals surface area contributed by atoms with Crippen molar-refractivity contribution >= 4 is 5.97 Å². The average Bonchev–Trinajstić information content (AvgIpc) is 3.32. The molecule has 0 bridgehead atoms. The highest BCUT2D eigenvalue weighted by atomic mass is 16.5. The number of rotatable bonds is 9. The third kappa shape index (κ3) is 4.57. The molecule has 3 unspecified atom stereocenters. The number of aromatic amines is 1.